The highest BCUT2D eigenvalue weighted by Gasteiger charge is 2.20. The molecule has 1 heterocycles. The Hall–Kier alpha value is -1.46. The quantitative estimate of drug-likeness (QED) is 0.782. The molecule has 0 bridgehead atoms. The second-order valence-electron chi connectivity index (χ2n) is 3.51. The molecule has 1 N–H and O–H groups in total. The van der Waals surface area contributed by atoms with Crippen LogP contribution in [0.1, 0.15) is 15.9 Å². The summed E-state index contributed by atoms with van der Waals surface area (Å²) in [4.78, 5) is 11.7. The lowest BCUT2D eigenvalue weighted by Crippen LogP contribution is -2.22. The highest BCUT2D eigenvalue weighted by molar-refractivity contribution is 6.00. The van der Waals surface area contributed by atoms with Crippen molar-refractivity contribution in [3.8, 4) is 5.75 Å². The first-order valence-corrected chi connectivity index (χ1v) is 4.93. The predicted octanol–water partition coefficient (Wildman–Crippen LogP) is 1.09. The Bertz CT molecular complexity index is 420. The average Bonchev–Trinajstić information content (AvgIpc) is 2.28. The molecule has 0 radical (unpaired) electrons. The molecule has 0 fully saturated rings. The predicted molar refractivity (Wildman–Crippen MR) is 54.9 cm³/mol. The molecule has 0 aromatic heterocycles. The van der Waals surface area contributed by atoms with Gasteiger partial charge in [0.05, 0.1) is 18.7 Å². The number of fused-ring (bicyclic) bond motifs is 1. The number of rotatable bonds is 3. The molecule has 0 aliphatic carbocycles. The van der Waals surface area contributed by atoms with Gasteiger partial charge in [0, 0.05) is 5.56 Å². The fourth-order valence-electron chi connectivity index (χ4n) is 1.64. The highest BCUT2D eigenvalue weighted by atomic mass is 19.1. The molecule has 1 aliphatic heterocycles. The summed E-state index contributed by atoms with van der Waals surface area (Å²) in [7, 11) is 1.66. The number of halogens is 1. The van der Waals surface area contributed by atoms with Crippen molar-refractivity contribution < 1.29 is 18.7 Å². The number of Topliss-reactive ketones (excluding diaryl/α,β-unsaturated/α-hetero) is 1. The third-order valence-electron chi connectivity index (χ3n) is 2.31. The van der Waals surface area contributed by atoms with Crippen LogP contribution in [0.5, 0.6) is 5.75 Å². The van der Waals surface area contributed by atoms with Crippen molar-refractivity contribution in [1.82, 2.24) is 5.32 Å². The van der Waals surface area contributed by atoms with Crippen LogP contribution >= 0.6 is 0 Å². The smallest absolute Gasteiger partial charge is 0.189 e. The Morgan fingerprint density at radius 3 is 3.12 bits per heavy atom. The molecule has 16 heavy (non-hydrogen) atoms. The van der Waals surface area contributed by atoms with Crippen molar-refractivity contribution in [1.29, 1.82) is 0 Å². The lowest BCUT2D eigenvalue weighted by Gasteiger charge is -2.20. The van der Waals surface area contributed by atoms with Crippen molar-refractivity contribution in [3.63, 3.8) is 0 Å². The number of nitrogens with one attached hydrogen (secondary N) is 1. The highest BCUT2D eigenvalue weighted by Crippen LogP contribution is 2.29. The summed E-state index contributed by atoms with van der Waals surface area (Å²) < 4.78 is 23.5. The molecule has 86 valence electrons. The van der Waals surface area contributed by atoms with Gasteiger partial charge in [0.15, 0.2) is 12.6 Å². The fraction of sp³-hybridized carbons (Fsp3) is 0.364. The van der Waals surface area contributed by atoms with Gasteiger partial charge in [-0.1, -0.05) is 0 Å². The van der Waals surface area contributed by atoms with Crippen LogP contribution in [0.4, 0.5) is 4.39 Å². The Balaban J connectivity index is 2.43. The Labute approximate surface area is 92.4 Å². The van der Waals surface area contributed by atoms with Gasteiger partial charge in [-0.3, -0.25) is 4.79 Å². The van der Waals surface area contributed by atoms with Crippen molar-refractivity contribution in [2.45, 2.75) is 6.61 Å². The fourth-order valence-corrected chi connectivity index (χ4v) is 1.64. The lowest BCUT2D eigenvalue weighted by molar-refractivity contribution is -0.0170. The van der Waals surface area contributed by atoms with Crippen molar-refractivity contribution in [2.75, 3.05) is 20.4 Å². The molecule has 1 aromatic rings. The second kappa shape index (κ2) is 4.59. The minimum atomic E-state index is -0.452. The zero-order valence-corrected chi connectivity index (χ0v) is 8.88. The topological polar surface area (TPSA) is 47.6 Å². The molecular weight excluding hydrogens is 213 g/mol. The summed E-state index contributed by atoms with van der Waals surface area (Å²) in [6.07, 6.45) is 0. The summed E-state index contributed by atoms with van der Waals surface area (Å²) in [5, 5.41) is 2.73. The Morgan fingerprint density at radius 2 is 2.38 bits per heavy atom. The van der Waals surface area contributed by atoms with Gasteiger partial charge in [-0.2, -0.15) is 0 Å². The molecule has 0 spiro atoms. The van der Waals surface area contributed by atoms with E-state index < -0.39 is 5.82 Å². The van der Waals surface area contributed by atoms with E-state index in [4.69, 9.17) is 9.47 Å². The molecule has 0 saturated heterocycles. The number of carbonyl (C=O) groups excluding carboxylic acids is 1. The molecule has 5 heteroatoms. The first-order valence-electron chi connectivity index (χ1n) is 4.93. The van der Waals surface area contributed by atoms with Crippen molar-refractivity contribution in [2.24, 2.45) is 0 Å². The average molecular weight is 225 g/mol. The van der Waals surface area contributed by atoms with Crippen molar-refractivity contribution in [3.05, 3.63) is 29.1 Å². The molecule has 0 unspecified atom stereocenters. The number of ketones is 1. The van der Waals surface area contributed by atoms with Gasteiger partial charge < -0.3 is 14.8 Å². The summed E-state index contributed by atoms with van der Waals surface area (Å²) in [6.45, 7) is 0.519. The second-order valence-corrected chi connectivity index (χ2v) is 3.51. The molecule has 1 aliphatic rings. The molecule has 0 amide bonds. The van der Waals surface area contributed by atoms with Crippen LogP contribution in [-0.4, -0.2) is 26.2 Å². The number of likely N-dealkylation sites (N-methyl/N-ethyl adjacent to an activating group) is 1. The van der Waals surface area contributed by atoms with E-state index in [-0.39, 0.29) is 31.3 Å². The van der Waals surface area contributed by atoms with Crippen LogP contribution in [0.3, 0.4) is 0 Å². The van der Waals surface area contributed by atoms with E-state index in [1.807, 2.05) is 0 Å². The molecule has 0 saturated carbocycles. The molecule has 2 rings (SSSR count). The summed E-state index contributed by atoms with van der Waals surface area (Å²) in [5.74, 6) is -0.208. The van der Waals surface area contributed by atoms with E-state index in [0.717, 1.165) is 0 Å². The normalized spacial score (nSPS) is 14.1. The van der Waals surface area contributed by atoms with Crippen LogP contribution < -0.4 is 10.1 Å². The maximum atomic E-state index is 13.3. The van der Waals surface area contributed by atoms with Crippen LogP contribution in [0.15, 0.2) is 12.1 Å². The van der Waals surface area contributed by atoms with E-state index >= 15 is 0 Å². The number of hydrogen-bond acceptors (Lipinski definition) is 4. The lowest BCUT2D eigenvalue weighted by atomic mass is 10.0. The maximum absolute atomic E-state index is 13.3. The largest absolute Gasteiger partial charge is 0.466 e. The van der Waals surface area contributed by atoms with E-state index in [1.54, 1.807) is 7.05 Å². The summed E-state index contributed by atoms with van der Waals surface area (Å²) in [6, 6.07) is 2.52. The van der Waals surface area contributed by atoms with Crippen LogP contribution in [0.25, 0.3) is 0 Å². The van der Waals surface area contributed by atoms with Gasteiger partial charge in [0.2, 0.25) is 0 Å². The molecular formula is C11H12FNO3. The van der Waals surface area contributed by atoms with Gasteiger partial charge in [-0.05, 0) is 19.2 Å². The summed E-state index contributed by atoms with van der Waals surface area (Å²) in [5.41, 5.74) is 0.846. The van der Waals surface area contributed by atoms with Gasteiger partial charge in [0.25, 0.3) is 0 Å². The number of hydrogen-bond donors (Lipinski definition) is 1. The zero-order valence-electron chi connectivity index (χ0n) is 8.88. The van der Waals surface area contributed by atoms with E-state index in [9.17, 15) is 9.18 Å². The van der Waals surface area contributed by atoms with Gasteiger partial charge in [0.1, 0.15) is 11.6 Å². The van der Waals surface area contributed by atoms with Crippen LogP contribution in [-0.2, 0) is 11.3 Å². The van der Waals surface area contributed by atoms with Gasteiger partial charge in [-0.25, -0.2) is 4.39 Å². The molecule has 4 nitrogen and oxygen atoms in total. The maximum Gasteiger partial charge on any atom is 0.189 e. The van der Waals surface area contributed by atoms with Crippen LogP contribution in [0, 0.1) is 5.82 Å². The van der Waals surface area contributed by atoms with E-state index in [1.165, 1.54) is 12.1 Å². The monoisotopic (exact) mass is 225 g/mol. The van der Waals surface area contributed by atoms with Crippen molar-refractivity contribution >= 4 is 5.78 Å². The Kier molecular flexibility index (Phi) is 3.17. The van der Waals surface area contributed by atoms with Crippen LogP contribution in [0.2, 0.25) is 0 Å². The first-order chi connectivity index (χ1) is 7.72. The Morgan fingerprint density at radius 1 is 1.56 bits per heavy atom. The SMILES string of the molecule is CNCC(=O)c1cc(F)cc2c1OCOC2. The minimum absolute atomic E-state index is 0.0957. The number of ether oxygens (including phenoxy) is 2. The number of carbonyl (C=O) groups is 1. The van der Waals surface area contributed by atoms with E-state index in [0.29, 0.717) is 11.3 Å². The van der Waals surface area contributed by atoms with Gasteiger partial charge in [-0.15, -0.1) is 0 Å². The molecule has 0 atom stereocenters. The first kappa shape index (κ1) is 11.0. The van der Waals surface area contributed by atoms with Gasteiger partial charge >= 0.3 is 0 Å². The molecule has 1 aromatic carbocycles. The third kappa shape index (κ3) is 2.05. The van der Waals surface area contributed by atoms with E-state index in [2.05, 4.69) is 5.32 Å². The number of benzene rings is 1. The standard InChI is InChI=1S/C11H12FNO3/c1-13-4-10(14)9-3-8(12)2-7-5-15-6-16-11(7)9/h2-3,13H,4-6H2,1H3. The minimum Gasteiger partial charge on any atom is -0.466 e. The summed E-state index contributed by atoms with van der Waals surface area (Å²) >= 11 is 0. The zero-order chi connectivity index (χ0) is 11.5. The third-order valence-corrected chi connectivity index (χ3v) is 2.31.